The highest BCUT2D eigenvalue weighted by Gasteiger charge is 2.28. The van der Waals surface area contributed by atoms with Gasteiger partial charge in [-0.05, 0) is 24.6 Å². The Labute approximate surface area is 113 Å². The summed E-state index contributed by atoms with van der Waals surface area (Å²) >= 11 is 3.27. The van der Waals surface area contributed by atoms with Crippen molar-refractivity contribution in [2.75, 3.05) is 11.9 Å². The molecular weight excluding hydrogens is 298 g/mol. The zero-order valence-electron chi connectivity index (χ0n) is 9.48. The van der Waals surface area contributed by atoms with Gasteiger partial charge in [0.2, 0.25) is 5.91 Å². The number of rotatable bonds is 2. The van der Waals surface area contributed by atoms with Crippen LogP contribution in [0, 0.1) is 11.3 Å². The summed E-state index contributed by atoms with van der Waals surface area (Å²) in [6.07, 6.45) is -0.0920. The van der Waals surface area contributed by atoms with Crippen LogP contribution < -0.4 is 10.6 Å². The van der Waals surface area contributed by atoms with Crippen molar-refractivity contribution in [3.63, 3.8) is 0 Å². The molecule has 0 aromatic heterocycles. The molecule has 0 radical (unpaired) electrons. The molecule has 6 heteroatoms. The highest BCUT2D eigenvalue weighted by Crippen LogP contribution is 2.21. The van der Waals surface area contributed by atoms with Crippen molar-refractivity contribution in [2.24, 2.45) is 0 Å². The monoisotopic (exact) mass is 309 g/mol. The van der Waals surface area contributed by atoms with Crippen LogP contribution >= 0.6 is 15.9 Å². The Morgan fingerprint density at radius 3 is 3.00 bits per heavy atom. The van der Waals surface area contributed by atoms with Crippen LogP contribution in [-0.2, 0) is 4.79 Å². The molecule has 1 saturated heterocycles. The highest BCUT2D eigenvalue weighted by atomic mass is 79.9. The molecule has 94 valence electrons. The molecule has 1 aliphatic heterocycles. The van der Waals surface area contributed by atoms with Gasteiger partial charge >= 0.3 is 0 Å². The first kappa shape index (κ1) is 13.0. The van der Waals surface area contributed by atoms with E-state index in [0.717, 1.165) is 4.47 Å². The Balaban J connectivity index is 2.10. The fourth-order valence-corrected chi connectivity index (χ4v) is 2.22. The molecule has 2 atom stereocenters. The zero-order valence-corrected chi connectivity index (χ0v) is 11.1. The van der Waals surface area contributed by atoms with Crippen molar-refractivity contribution in [2.45, 2.75) is 18.6 Å². The number of nitrogens with one attached hydrogen (secondary N) is 2. The van der Waals surface area contributed by atoms with Crippen molar-refractivity contribution in [1.82, 2.24) is 5.32 Å². The van der Waals surface area contributed by atoms with Gasteiger partial charge < -0.3 is 15.7 Å². The van der Waals surface area contributed by atoms with E-state index < -0.39 is 12.1 Å². The topological polar surface area (TPSA) is 85.2 Å². The molecule has 3 N–H and O–H groups in total. The second-order valence-corrected chi connectivity index (χ2v) is 5.06. The van der Waals surface area contributed by atoms with Crippen LogP contribution in [0.2, 0.25) is 0 Å². The molecule has 0 aliphatic carbocycles. The number of anilines is 1. The van der Waals surface area contributed by atoms with Crippen LogP contribution in [0.25, 0.3) is 0 Å². The van der Waals surface area contributed by atoms with E-state index >= 15 is 0 Å². The molecule has 1 amide bonds. The maximum atomic E-state index is 11.9. The Bertz CT molecular complexity index is 513. The van der Waals surface area contributed by atoms with Crippen molar-refractivity contribution < 1.29 is 9.90 Å². The van der Waals surface area contributed by atoms with E-state index in [0.29, 0.717) is 24.2 Å². The lowest BCUT2D eigenvalue weighted by molar-refractivity contribution is -0.117. The zero-order chi connectivity index (χ0) is 13.1. The molecule has 1 aliphatic rings. The summed E-state index contributed by atoms with van der Waals surface area (Å²) in [4.78, 5) is 11.9. The Morgan fingerprint density at radius 1 is 1.61 bits per heavy atom. The third-order valence-corrected chi connectivity index (χ3v) is 3.28. The molecule has 0 saturated carbocycles. The predicted octanol–water partition coefficient (Wildman–Crippen LogP) is 0.982. The van der Waals surface area contributed by atoms with E-state index in [-0.39, 0.29) is 5.91 Å². The van der Waals surface area contributed by atoms with E-state index in [1.54, 1.807) is 18.2 Å². The summed E-state index contributed by atoms with van der Waals surface area (Å²) in [6.45, 7) is 0.420. The van der Waals surface area contributed by atoms with E-state index in [1.807, 2.05) is 6.07 Å². The molecule has 5 nitrogen and oxygen atoms in total. The quantitative estimate of drug-likeness (QED) is 0.760. The minimum atomic E-state index is -0.485. The maximum absolute atomic E-state index is 11.9. The normalized spacial score (nSPS) is 22.5. The maximum Gasteiger partial charge on any atom is 0.241 e. The van der Waals surface area contributed by atoms with Gasteiger partial charge in [-0.1, -0.05) is 15.9 Å². The first-order valence-electron chi connectivity index (χ1n) is 5.52. The number of nitriles is 1. The molecular formula is C12H12BrN3O2. The number of nitrogens with zero attached hydrogens (tertiary/aromatic N) is 1. The molecule has 18 heavy (non-hydrogen) atoms. The van der Waals surface area contributed by atoms with E-state index in [2.05, 4.69) is 26.6 Å². The summed E-state index contributed by atoms with van der Waals surface area (Å²) in [7, 11) is 0. The lowest BCUT2D eigenvalue weighted by Crippen LogP contribution is -2.35. The van der Waals surface area contributed by atoms with Crippen LogP contribution in [0.4, 0.5) is 5.69 Å². The lowest BCUT2D eigenvalue weighted by Gasteiger charge is -2.12. The lowest BCUT2D eigenvalue weighted by atomic mass is 10.1. The average molecular weight is 310 g/mol. The van der Waals surface area contributed by atoms with E-state index in [4.69, 9.17) is 5.26 Å². The summed E-state index contributed by atoms with van der Waals surface area (Å²) in [5.74, 6) is -0.231. The van der Waals surface area contributed by atoms with Crippen LogP contribution in [0.1, 0.15) is 12.0 Å². The minimum absolute atomic E-state index is 0.231. The second-order valence-electron chi connectivity index (χ2n) is 4.14. The first-order chi connectivity index (χ1) is 8.60. The van der Waals surface area contributed by atoms with Gasteiger partial charge in [0.15, 0.2) is 0 Å². The van der Waals surface area contributed by atoms with Crippen molar-refractivity contribution in [3.05, 3.63) is 28.2 Å². The predicted molar refractivity (Wildman–Crippen MR) is 69.9 cm³/mol. The SMILES string of the molecule is N#Cc1cc(Br)ccc1NC(=O)C1CC(O)CN1. The molecule has 2 unspecified atom stereocenters. The van der Waals surface area contributed by atoms with Gasteiger partial charge in [-0.2, -0.15) is 5.26 Å². The number of aliphatic hydroxyl groups is 1. The number of carbonyl (C=O) groups excluding carboxylic acids is 1. The summed E-state index contributed by atoms with van der Waals surface area (Å²) in [5, 5.41) is 24.0. The second kappa shape index (κ2) is 5.48. The molecule has 0 bridgehead atoms. The molecule has 1 aromatic rings. The van der Waals surface area contributed by atoms with Crippen LogP contribution in [0.15, 0.2) is 22.7 Å². The van der Waals surface area contributed by atoms with Crippen LogP contribution in [0.3, 0.4) is 0 Å². The van der Waals surface area contributed by atoms with Crippen molar-refractivity contribution in [1.29, 1.82) is 5.26 Å². The number of carbonyl (C=O) groups is 1. The summed E-state index contributed by atoms with van der Waals surface area (Å²) in [6, 6.07) is 6.69. The van der Waals surface area contributed by atoms with Gasteiger partial charge in [-0.15, -0.1) is 0 Å². The molecule has 1 aromatic carbocycles. The number of amides is 1. The first-order valence-corrected chi connectivity index (χ1v) is 6.31. The van der Waals surface area contributed by atoms with Gasteiger partial charge in [0, 0.05) is 11.0 Å². The van der Waals surface area contributed by atoms with Gasteiger partial charge in [-0.25, -0.2) is 0 Å². The van der Waals surface area contributed by atoms with Gasteiger partial charge in [0.1, 0.15) is 6.07 Å². The minimum Gasteiger partial charge on any atom is -0.392 e. The summed E-state index contributed by atoms with van der Waals surface area (Å²) < 4.78 is 0.784. The van der Waals surface area contributed by atoms with Crippen LogP contribution in [-0.4, -0.2) is 29.7 Å². The smallest absolute Gasteiger partial charge is 0.241 e. The third kappa shape index (κ3) is 2.88. The summed E-state index contributed by atoms with van der Waals surface area (Å²) in [5.41, 5.74) is 0.880. The van der Waals surface area contributed by atoms with Crippen molar-refractivity contribution in [3.8, 4) is 6.07 Å². The number of hydrogen-bond donors (Lipinski definition) is 3. The van der Waals surface area contributed by atoms with Crippen molar-refractivity contribution >= 4 is 27.5 Å². The van der Waals surface area contributed by atoms with E-state index in [1.165, 1.54) is 0 Å². The largest absolute Gasteiger partial charge is 0.392 e. The molecule has 0 spiro atoms. The Hall–Kier alpha value is -1.42. The third-order valence-electron chi connectivity index (χ3n) is 2.78. The number of β-amino-alcohol motifs (C(OH)–C–C–N with tert-alkyl or cyclic N) is 1. The highest BCUT2D eigenvalue weighted by molar-refractivity contribution is 9.10. The number of aliphatic hydroxyl groups excluding tert-OH is 1. The number of halogens is 1. The van der Waals surface area contributed by atoms with Crippen LogP contribution in [0.5, 0.6) is 0 Å². The molecule has 1 heterocycles. The van der Waals surface area contributed by atoms with E-state index in [9.17, 15) is 9.90 Å². The Morgan fingerprint density at radius 2 is 2.39 bits per heavy atom. The van der Waals surface area contributed by atoms with Gasteiger partial charge in [-0.3, -0.25) is 4.79 Å². The van der Waals surface area contributed by atoms with Gasteiger partial charge in [0.05, 0.1) is 23.4 Å². The fourth-order valence-electron chi connectivity index (χ4n) is 1.85. The average Bonchev–Trinajstić information content (AvgIpc) is 2.78. The standard InChI is InChI=1S/C12H12BrN3O2/c13-8-1-2-10(7(3-8)5-14)16-12(18)11-4-9(17)6-15-11/h1-3,9,11,15,17H,4,6H2,(H,16,18). The number of benzene rings is 1. The number of hydrogen-bond acceptors (Lipinski definition) is 4. The fraction of sp³-hybridized carbons (Fsp3) is 0.333. The molecule has 1 fully saturated rings. The Kier molecular flexibility index (Phi) is 3.97. The van der Waals surface area contributed by atoms with Gasteiger partial charge in [0.25, 0.3) is 0 Å². The molecule has 2 rings (SSSR count).